The predicted molar refractivity (Wildman–Crippen MR) is 87.5 cm³/mol. The van der Waals surface area contributed by atoms with Gasteiger partial charge in [-0.25, -0.2) is 0 Å². The van der Waals surface area contributed by atoms with E-state index in [1.807, 2.05) is 0 Å². The molecule has 0 bridgehead atoms. The summed E-state index contributed by atoms with van der Waals surface area (Å²) in [5.41, 5.74) is -0.0664. The third kappa shape index (κ3) is 5.54. The Kier molecular flexibility index (Phi) is 6.97. The van der Waals surface area contributed by atoms with Crippen LogP contribution in [0, 0.1) is 5.92 Å². The third-order valence-electron chi connectivity index (χ3n) is 5.53. The lowest BCUT2D eigenvalue weighted by molar-refractivity contribution is 0.00636. The number of hydrogen-bond donors (Lipinski definition) is 2. The van der Waals surface area contributed by atoms with E-state index < -0.39 is 0 Å². The van der Waals surface area contributed by atoms with E-state index in [0.717, 1.165) is 31.8 Å². The van der Waals surface area contributed by atoms with Crippen LogP contribution in [0.15, 0.2) is 0 Å². The van der Waals surface area contributed by atoms with Crippen LogP contribution in [0.2, 0.25) is 0 Å². The van der Waals surface area contributed by atoms with Gasteiger partial charge in [0.1, 0.15) is 0 Å². The molecule has 2 N–H and O–H groups in total. The van der Waals surface area contributed by atoms with E-state index in [9.17, 15) is 5.11 Å². The van der Waals surface area contributed by atoms with Crippen molar-refractivity contribution in [2.24, 2.45) is 5.92 Å². The van der Waals surface area contributed by atoms with Gasteiger partial charge in [0.05, 0.1) is 12.7 Å². The highest BCUT2D eigenvalue weighted by Gasteiger charge is 2.34. The van der Waals surface area contributed by atoms with Crippen molar-refractivity contribution in [3.05, 3.63) is 0 Å². The Morgan fingerprint density at radius 3 is 2.62 bits per heavy atom. The van der Waals surface area contributed by atoms with Crippen LogP contribution >= 0.6 is 0 Å². The molecule has 3 atom stereocenters. The zero-order chi connectivity index (χ0) is 15.1. The monoisotopic (exact) mass is 297 g/mol. The van der Waals surface area contributed by atoms with E-state index in [0.29, 0.717) is 12.1 Å². The summed E-state index contributed by atoms with van der Waals surface area (Å²) in [6, 6.07) is 0.654. The summed E-state index contributed by atoms with van der Waals surface area (Å²) in [4.78, 5) is 0. The van der Waals surface area contributed by atoms with Crippen LogP contribution in [0.5, 0.6) is 0 Å². The van der Waals surface area contributed by atoms with Gasteiger partial charge < -0.3 is 15.2 Å². The Hall–Kier alpha value is -0.120. The van der Waals surface area contributed by atoms with E-state index in [4.69, 9.17) is 4.74 Å². The van der Waals surface area contributed by atoms with Crippen molar-refractivity contribution >= 4 is 0 Å². The van der Waals surface area contributed by atoms with Gasteiger partial charge in [0.15, 0.2) is 0 Å². The van der Waals surface area contributed by atoms with Gasteiger partial charge in [0.25, 0.3) is 0 Å². The molecule has 2 aliphatic rings. The summed E-state index contributed by atoms with van der Waals surface area (Å²) in [6.45, 7) is 5.59. The third-order valence-corrected chi connectivity index (χ3v) is 5.53. The second-order valence-electron chi connectivity index (χ2n) is 7.25. The van der Waals surface area contributed by atoms with Crippen molar-refractivity contribution in [1.82, 2.24) is 5.32 Å². The summed E-state index contributed by atoms with van der Waals surface area (Å²) < 4.78 is 6.11. The van der Waals surface area contributed by atoms with E-state index >= 15 is 0 Å². The molecule has 2 fully saturated rings. The van der Waals surface area contributed by atoms with Crippen LogP contribution in [-0.2, 0) is 4.74 Å². The van der Waals surface area contributed by atoms with E-state index in [1.54, 1.807) is 0 Å². The zero-order valence-corrected chi connectivity index (χ0v) is 14.1. The van der Waals surface area contributed by atoms with Crippen molar-refractivity contribution in [3.63, 3.8) is 0 Å². The molecule has 3 nitrogen and oxygen atoms in total. The van der Waals surface area contributed by atoms with Crippen molar-refractivity contribution < 1.29 is 9.84 Å². The molecule has 3 unspecified atom stereocenters. The fourth-order valence-corrected chi connectivity index (χ4v) is 3.67. The molecular formula is C18H35NO2. The average Bonchev–Trinajstić information content (AvgIpc) is 3.34. The van der Waals surface area contributed by atoms with Crippen molar-refractivity contribution in [1.29, 1.82) is 0 Å². The number of rotatable bonds is 10. The maximum Gasteiger partial charge on any atom is 0.0613 e. The highest BCUT2D eigenvalue weighted by Crippen LogP contribution is 2.29. The molecule has 0 aliphatic heterocycles. The molecule has 0 amide bonds. The number of hydrogen-bond acceptors (Lipinski definition) is 3. The molecule has 0 spiro atoms. The first-order valence-corrected chi connectivity index (χ1v) is 9.21. The highest BCUT2D eigenvalue weighted by molar-refractivity contribution is 4.94. The SMILES string of the molecule is CCC1CCCC(OCCCC(CC)(CO)NC2CC2)C1. The Morgan fingerprint density at radius 1 is 1.19 bits per heavy atom. The quantitative estimate of drug-likeness (QED) is 0.605. The minimum Gasteiger partial charge on any atom is -0.394 e. The standard InChI is InChI=1S/C18H35NO2/c1-3-15-7-5-8-17(13-15)21-12-6-11-18(4-2,14-20)19-16-9-10-16/h15-17,19-20H,3-14H2,1-2H3. The lowest BCUT2D eigenvalue weighted by atomic mass is 9.85. The molecule has 2 aliphatic carbocycles. The number of nitrogens with one attached hydrogen (secondary N) is 1. The molecule has 0 heterocycles. The maximum absolute atomic E-state index is 9.76. The Labute approximate surface area is 130 Å². The molecule has 124 valence electrons. The molecule has 0 radical (unpaired) electrons. The largest absolute Gasteiger partial charge is 0.394 e. The fraction of sp³-hybridized carbons (Fsp3) is 1.00. The molecule has 0 aromatic carbocycles. The van der Waals surface area contributed by atoms with Gasteiger partial charge in [0, 0.05) is 18.2 Å². The predicted octanol–water partition coefficient (Wildman–Crippen LogP) is 3.65. The van der Waals surface area contributed by atoms with Crippen molar-refractivity contribution in [2.45, 2.75) is 95.7 Å². The van der Waals surface area contributed by atoms with Crippen LogP contribution < -0.4 is 5.32 Å². The number of aliphatic hydroxyl groups is 1. The maximum atomic E-state index is 9.76. The first-order chi connectivity index (χ1) is 10.2. The van der Waals surface area contributed by atoms with Crippen LogP contribution in [0.4, 0.5) is 0 Å². The second kappa shape index (κ2) is 8.50. The average molecular weight is 297 g/mol. The fourth-order valence-electron chi connectivity index (χ4n) is 3.67. The van der Waals surface area contributed by atoms with E-state index in [-0.39, 0.29) is 12.1 Å². The lowest BCUT2D eigenvalue weighted by Crippen LogP contribution is -2.49. The van der Waals surface area contributed by atoms with Crippen molar-refractivity contribution in [3.8, 4) is 0 Å². The molecule has 21 heavy (non-hydrogen) atoms. The van der Waals surface area contributed by atoms with Crippen LogP contribution in [0.3, 0.4) is 0 Å². The zero-order valence-electron chi connectivity index (χ0n) is 14.1. The second-order valence-corrected chi connectivity index (χ2v) is 7.25. The molecule has 3 heteroatoms. The van der Waals surface area contributed by atoms with Crippen LogP contribution in [0.1, 0.15) is 78.1 Å². The molecule has 0 aromatic rings. The number of aliphatic hydroxyl groups excluding tert-OH is 1. The molecule has 2 rings (SSSR count). The molecule has 0 aromatic heterocycles. The first kappa shape index (κ1) is 17.2. The summed E-state index contributed by atoms with van der Waals surface area (Å²) in [6.07, 6.45) is 12.7. The van der Waals surface area contributed by atoms with Gasteiger partial charge in [-0.05, 0) is 50.9 Å². The summed E-state index contributed by atoms with van der Waals surface area (Å²) in [5.74, 6) is 0.882. The Morgan fingerprint density at radius 2 is 2.00 bits per heavy atom. The Balaban J connectivity index is 1.65. The summed E-state index contributed by atoms with van der Waals surface area (Å²) in [5, 5.41) is 13.4. The smallest absolute Gasteiger partial charge is 0.0613 e. The highest BCUT2D eigenvalue weighted by atomic mass is 16.5. The van der Waals surface area contributed by atoms with Gasteiger partial charge in [-0.15, -0.1) is 0 Å². The molecular weight excluding hydrogens is 262 g/mol. The van der Waals surface area contributed by atoms with Crippen molar-refractivity contribution in [2.75, 3.05) is 13.2 Å². The van der Waals surface area contributed by atoms with Crippen LogP contribution in [-0.4, -0.2) is 36.0 Å². The molecule has 0 saturated heterocycles. The topological polar surface area (TPSA) is 41.5 Å². The lowest BCUT2D eigenvalue weighted by Gasteiger charge is -2.33. The molecule has 2 saturated carbocycles. The first-order valence-electron chi connectivity index (χ1n) is 9.21. The Bertz CT molecular complexity index is 287. The van der Waals surface area contributed by atoms with E-state index in [1.165, 1.54) is 44.9 Å². The van der Waals surface area contributed by atoms with Gasteiger partial charge in [-0.2, -0.15) is 0 Å². The summed E-state index contributed by atoms with van der Waals surface area (Å²) >= 11 is 0. The summed E-state index contributed by atoms with van der Waals surface area (Å²) in [7, 11) is 0. The number of ether oxygens (including phenoxy) is 1. The minimum absolute atomic E-state index is 0.0664. The minimum atomic E-state index is -0.0664. The van der Waals surface area contributed by atoms with Gasteiger partial charge in [-0.1, -0.05) is 33.1 Å². The van der Waals surface area contributed by atoms with Gasteiger partial charge >= 0.3 is 0 Å². The van der Waals surface area contributed by atoms with Gasteiger partial charge in [0.2, 0.25) is 0 Å². The van der Waals surface area contributed by atoms with Crippen LogP contribution in [0.25, 0.3) is 0 Å². The van der Waals surface area contributed by atoms with E-state index in [2.05, 4.69) is 19.2 Å². The normalized spacial score (nSPS) is 29.3. The van der Waals surface area contributed by atoms with Gasteiger partial charge in [-0.3, -0.25) is 0 Å².